The zero-order chi connectivity index (χ0) is 22.6. The quantitative estimate of drug-likeness (QED) is 0.277. The molecule has 0 fully saturated rings. The molecule has 0 spiro atoms. The van der Waals surface area contributed by atoms with Gasteiger partial charge in [0, 0.05) is 11.3 Å². The van der Waals surface area contributed by atoms with Crippen LogP contribution in [0.25, 0.3) is 0 Å². The molecule has 0 saturated heterocycles. The van der Waals surface area contributed by atoms with Gasteiger partial charge in [0.1, 0.15) is 0 Å². The third kappa shape index (κ3) is 5.91. The number of nitrogens with zero attached hydrogens (tertiary/aromatic N) is 1. The van der Waals surface area contributed by atoms with Crippen LogP contribution in [0.5, 0.6) is 0 Å². The van der Waals surface area contributed by atoms with Gasteiger partial charge < -0.3 is 5.32 Å². The molecule has 3 aromatic rings. The first kappa shape index (κ1) is 22.5. The van der Waals surface area contributed by atoms with Crippen molar-refractivity contribution in [1.82, 2.24) is 0 Å². The van der Waals surface area contributed by atoms with Crippen LogP contribution in [0, 0.1) is 0 Å². The van der Waals surface area contributed by atoms with Gasteiger partial charge in [-0.15, -0.1) is 0 Å². The Morgan fingerprint density at radius 2 is 1.16 bits per heavy atom. The average Bonchev–Trinajstić information content (AvgIpc) is 2.73. The van der Waals surface area contributed by atoms with E-state index in [1.54, 1.807) is 0 Å². The Morgan fingerprint density at radius 3 is 1.65 bits per heavy atom. The van der Waals surface area contributed by atoms with Gasteiger partial charge in [-0.1, -0.05) is 96.1 Å². The van der Waals surface area contributed by atoms with E-state index in [0.717, 1.165) is 11.4 Å². The monoisotopic (exact) mass is 412 g/mol. The molecule has 1 N–H and O–H groups in total. The Labute approximate surface area is 186 Å². The highest BCUT2D eigenvalue weighted by Gasteiger charge is 2.17. The van der Waals surface area contributed by atoms with Crippen LogP contribution in [-0.2, 0) is 10.8 Å². The number of nitrogens with one attached hydrogen (secondary N) is 1. The molecule has 160 valence electrons. The fraction of sp³-hybridized carbons (Fsp3) is 0.286. The summed E-state index contributed by atoms with van der Waals surface area (Å²) in [6, 6.07) is 25.5. The molecule has 3 aromatic carbocycles. The highest BCUT2D eigenvalue weighted by Crippen LogP contribution is 2.26. The van der Waals surface area contributed by atoms with Crippen LogP contribution in [0.2, 0.25) is 0 Å². The predicted molar refractivity (Wildman–Crippen MR) is 132 cm³/mol. The summed E-state index contributed by atoms with van der Waals surface area (Å²) in [5.74, 6) is 0.165. The van der Waals surface area contributed by atoms with Crippen LogP contribution in [0.4, 0.5) is 11.4 Å². The highest BCUT2D eigenvalue weighted by molar-refractivity contribution is 6.49. The number of amidine groups is 1. The molecule has 3 heteroatoms. The molecule has 3 rings (SSSR count). The molecule has 31 heavy (non-hydrogen) atoms. The Morgan fingerprint density at radius 1 is 0.677 bits per heavy atom. The summed E-state index contributed by atoms with van der Waals surface area (Å²) < 4.78 is 0. The second kappa shape index (κ2) is 8.89. The van der Waals surface area contributed by atoms with E-state index >= 15 is 0 Å². The Kier molecular flexibility index (Phi) is 6.45. The number of carbonyl (C=O) groups is 1. The number of benzene rings is 3. The highest BCUT2D eigenvalue weighted by atomic mass is 16.1. The van der Waals surface area contributed by atoms with Crippen molar-refractivity contribution < 1.29 is 4.79 Å². The lowest BCUT2D eigenvalue weighted by Crippen LogP contribution is -2.23. The van der Waals surface area contributed by atoms with Crippen LogP contribution in [0.15, 0.2) is 83.9 Å². The number of aliphatic imine (C=N–C) groups is 1. The van der Waals surface area contributed by atoms with E-state index < -0.39 is 0 Å². The maximum atomic E-state index is 13.2. The van der Waals surface area contributed by atoms with Crippen molar-refractivity contribution in [2.75, 3.05) is 5.32 Å². The van der Waals surface area contributed by atoms with E-state index in [0.29, 0.717) is 11.4 Å². The van der Waals surface area contributed by atoms with Crippen molar-refractivity contribution in [3.63, 3.8) is 0 Å². The average molecular weight is 413 g/mol. The van der Waals surface area contributed by atoms with E-state index in [9.17, 15) is 4.79 Å². The number of hydrogen-bond acceptors (Lipinski definition) is 2. The Balaban J connectivity index is 1.95. The van der Waals surface area contributed by atoms with Crippen LogP contribution in [-0.4, -0.2) is 11.6 Å². The van der Waals surface area contributed by atoms with E-state index in [4.69, 9.17) is 0 Å². The third-order valence-corrected chi connectivity index (χ3v) is 5.24. The first-order chi connectivity index (χ1) is 14.5. The van der Waals surface area contributed by atoms with Gasteiger partial charge in [-0.3, -0.25) is 4.79 Å². The third-order valence-electron chi connectivity index (χ3n) is 5.24. The second-order valence-corrected chi connectivity index (χ2v) is 9.90. The lowest BCUT2D eigenvalue weighted by atomic mass is 9.87. The van der Waals surface area contributed by atoms with Crippen LogP contribution < -0.4 is 5.32 Å². The van der Waals surface area contributed by atoms with Gasteiger partial charge in [0.2, 0.25) is 5.78 Å². The van der Waals surface area contributed by atoms with Gasteiger partial charge in [-0.25, -0.2) is 4.99 Å². The molecule has 0 bridgehead atoms. The van der Waals surface area contributed by atoms with E-state index in [2.05, 4.69) is 76.1 Å². The fourth-order valence-electron chi connectivity index (χ4n) is 3.22. The molecule has 3 nitrogen and oxygen atoms in total. The predicted octanol–water partition coefficient (Wildman–Crippen LogP) is 7.31. The Bertz CT molecular complexity index is 1050. The number of rotatable bonds is 4. The van der Waals surface area contributed by atoms with Gasteiger partial charge in [0.15, 0.2) is 5.84 Å². The van der Waals surface area contributed by atoms with E-state index in [1.165, 1.54) is 11.1 Å². The molecule has 0 unspecified atom stereocenters. The standard InChI is InChI=1S/C28H32N2O/c1-27(2,3)21-12-16-23(17-13-21)29-26(25(31)20-10-8-7-9-11-20)30-24-18-14-22(15-19-24)28(4,5)6/h7-19H,1-6H3,(H,29,30). The minimum Gasteiger partial charge on any atom is -0.337 e. The van der Waals surface area contributed by atoms with Gasteiger partial charge in [-0.05, 0) is 46.2 Å². The van der Waals surface area contributed by atoms with Crippen molar-refractivity contribution in [3.05, 3.63) is 95.6 Å². The zero-order valence-electron chi connectivity index (χ0n) is 19.4. The minimum atomic E-state index is -0.139. The molecule has 0 atom stereocenters. The lowest BCUT2D eigenvalue weighted by molar-refractivity contribution is 0.106. The van der Waals surface area contributed by atoms with Gasteiger partial charge in [-0.2, -0.15) is 0 Å². The normalized spacial score (nSPS) is 12.5. The van der Waals surface area contributed by atoms with Crippen molar-refractivity contribution in [1.29, 1.82) is 0 Å². The van der Waals surface area contributed by atoms with Crippen molar-refractivity contribution in [2.45, 2.75) is 52.4 Å². The second-order valence-electron chi connectivity index (χ2n) is 9.90. The zero-order valence-corrected chi connectivity index (χ0v) is 19.4. The van der Waals surface area contributed by atoms with Gasteiger partial charge in [0.05, 0.1) is 5.69 Å². The molecule has 0 aromatic heterocycles. The summed E-state index contributed by atoms with van der Waals surface area (Å²) >= 11 is 0. The van der Waals surface area contributed by atoms with Crippen LogP contribution >= 0.6 is 0 Å². The van der Waals surface area contributed by atoms with Gasteiger partial charge >= 0.3 is 0 Å². The summed E-state index contributed by atoms with van der Waals surface area (Å²) in [6.45, 7) is 13.1. The van der Waals surface area contributed by atoms with Crippen molar-refractivity contribution in [2.24, 2.45) is 4.99 Å². The van der Waals surface area contributed by atoms with Crippen LogP contribution in [0.3, 0.4) is 0 Å². The minimum absolute atomic E-state index is 0.0674. The molecule has 0 radical (unpaired) electrons. The van der Waals surface area contributed by atoms with Gasteiger partial charge in [0.25, 0.3) is 0 Å². The maximum Gasteiger partial charge on any atom is 0.228 e. The van der Waals surface area contributed by atoms with E-state index in [-0.39, 0.29) is 16.6 Å². The fourth-order valence-corrected chi connectivity index (χ4v) is 3.22. The van der Waals surface area contributed by atoms with Crippen molar-refractivity contribution in [3.8, 4) is 0 Å². The Hall–Kier alpha value is -3.20. The maximum absolute atomic E-state index is 13.2. The number of anilines is 1. The number of carbonyl (C=O) groups excluding carboxylic acids is 1. The molecule has 0 aliphatic rings. The molecule has 0 saturated carbocycles. The molecular weight excluding hydrogens is 380 g/mol. The smallest absolute Gasteiger partial charge is 0.228 e. The van der Waals surface area contributed by atoms with E-state index in [1.807, 2.05) is 54.6 Å². The summed E-state index contributed by atoms with van der Waals surface area (Å²) in [5, 5.41) is 3.25. The SMILES string of the molecule is CC(C)(C)c1ccc(N=C(Nc2ccc(C(C)(C)C)cc2)C(=O)c2ccccc2)cc1. The summed E-state index contributed by atoms with van der Waals surface area (Å²) in [5.41, 5.74) is 4.79. The largest absolute Gasteiger partial charge is 0.337 e. The molecule has 0 amide bonds. The summed E-state index contributed by atoms with van der Waals surface area (Å²) in [7, 11) is 0. The number of hydrogen-bond donors (Lipinski definition) is 1. The molecule has 0 heterocycles. The summed E-state index contributed by atoms with van der Waals surface area (Å²) in [6.07, 6.45) is 0. The first-order valence-corrected chi connectivity index (χ1v) is 10.7. The molecule has 0 aliphatic heterocycles. The topological polar surface area (TPSA) is 41.5 Å². The number of ketones is 1. The molecule has 0 aliphatic carbocycles. The summed E-state index contributed by atoms with van der Waals surface area (Å²) in [4.78, 5) is 17.9. The van der Waals surface area contributed by atoms with Crippen LogP contribution in [0.1, 0.15) is 63.0 Å². The number of Topliss-reactive ketones (excluding diaryl/α,β-unsaturated/α-hetero) is 1. The lowest BCUT2D eigenvalue weighted by Gasteiger charge is -2.19. The first-order valence-electron chi connectivity index (χ1n) is 10.7. The van der Waals surface area contributed by atoms with Crippen molar-refractivity contribution >= 4 is 23.0 Å². The molecular formula is C28H32N2O.